The monoisotopic (exact) mass is 626 g/mol. The third kappa shape index (κ3) is 7.59. The van der Waals surface area contributed by atoms with E-state index in [2.05, 4.69) is 0 Å². The lowest BCUT2D eigenvalue weighted by Crippen LogP contribution is -2.63. The topological polar surface area (TPSA) is 141 Å². The highest BCUT2D eigenvalue weighted by Crippen LogP contribution is 2.53. The summed E-state index contributed by atoms with van der Waals surface area (Å²) < 4.78 is 46.1. The normalized spacial score (nSPS) is 21.9. The number of carbonyl (C=O) groups is 3. The van der Waals surface area contributed by atoms with Gasteiger partial charge in [0.2, 0.25) is 6.29 Å². The minimum Gasteiger partial charge on any atom is -0.452 e. The molecule has 3 aromatic rings. The van der Waals surface area contributed by atoms with E-state index in [0.29, 0.717) is 0 Å². The minimum atomic E-state index is -3.81. The Balaban J connectivity index is 1.80. The first-order chi connectivity index (χ1) is 21.0. The minimum absolute atomic E-state index is 0.157. The summed E-state index contributed by atoms with van der Waals surface area (Å²) in [6.07, 6.45) is -7.65. The molecule has 4 rings (SSSR count). The zero-order valence-corrected chi connectivity index (χ0v) is 25.6. The van der Waals surface area contributed by atoms with Crippen molar-refractivity contribution in [3.8, 4) is 0 Å². The van der Waals surface area contributed by atoms with Crippen molar-refractivity contribution in [3.63, 3.8) is 0 Å². The first-order valence-electron chi connectivity index (χ1n) is 13.7. The van der Waals surface area contributed by atoms with Crippen LogP contribution in [-0.4, -0.2) is 97.9 Å². The first kappa shape index (κ1) is 33.0. The summed E-state index contributed by atoms with van der Waals surface area (Å²) in [5.74, 6) is -2.48. The van der Waals surface area contributed by atoms with Gasteiger partial charge in [-0.05, 0) is 64.6 Å². The third-order valence-corrected chi connectivity index (χ3v) is 9.29. The molecule has 12 nitrogen and oxygen atoms in total. The van der Waals surface area contributed by atoms with Crippen LogP contribution in [0, 0.1) is 0 Å². The van der Waals surface area contributed by atoms with Gasteiger partial charge in [-0.2, -0.15) is 0 Å². The molecule has 0 spiro atoms. The second kappa shape index (κ2) is 14.7. The maximum atomic E-state index is 13.9. The summed E-state index contributed by atoms with van der Waals surface area (Å²) >= 11 is 0. The zero-order valence-electron chi connectivity index (χ0n) is 24.7. The van der Waals surface area contributed by atoms with Crippen LogP contribution in [0.4, 0.5) is 0 Å². The average Bonchev–Trinajstić information content (AvgIpc) is 3.04. The van der Waals surface area contributed by atoms with Gasteiger partial charge in [-0.25, -0.2) is 23.7 Å². The highest BCUT2D eigenvalue weighted by molar-refractivity contribution is 7.53. The van der Waals surface area contributed by atoms with Crippen molar-refractivity contribution in [1.82, 2.24) is 9.34 Å². The highest BCUT2D eigenvalue weighted by atomic mass is 31.2. The van der Waals surface area contributed by atoms with E-state index in [1.165, 1.54) is 73.9 Å². The van der Waals surface area contributed by atoms with Gasteiger partial charge in [0.05, 0.1) is 23.3 Å². The number of hydrogen-bond donors (Lipinski definition) is 1. The summed E-state index contributed by atoms with van der Waals surface area (Å²) in [6.45, 7) is -0.723. The second-order valence-electron chi connectivity index (χ2n) is 10.2. The summed E-state index contributed by atoms with van der Waals surface area (Å²) in [7, 11) is 2.28. The SMILES string of the molecule is CN(C)P(=O)(O[C@@H]1O[C@H](CO)[C@@H](OC(=O)c2ccccc2)[C@H](OC(=O)c2ccccc2)[C@H]1OC(=O)c1ccccc1)N(C)C. The average molecular weight is 627 g/mol. The highest BCUT2D eigenvalue weighted by Gasteiger charge is 2.55. The molecule has 1 heterocycles. The Morgan fingerprint density at radius 1 is 0.659 bits per heavy atom. The van der Waals surface area contributed by atoms with Crippen molar-refractivity contribution in [2.24, 2.45) is 0 Å². The Labute approximate surface area is 255 Å². The quantitative estimate of drug-likeness (QED) is 0.189. The molecular weight excluding hydrogens is 591 g/mol. The number of nitrogens with zero attached hydrogens (tertiary/aromatic N) is 2. The van der Waals surface area contributed by atoms with Crippen molar-refractivity contribution in [2.45, 2.75) is 30.7 Å². The van der Waals surface area contributed by atoms with Gasteiger partial charge in [-0.15, -0.1) is 0 Å². The molecule has 1 fully saturated rings. The van der Waals surface area contributed by atoms with E-state index in [-0.39, 0.29) is 16.7 Å². The lowest BCUT2D eigenvalue weighted by molar-refractivity contribution is -0.277. The molecule has 13 heteroatoms. The maximum absolute atomic E-state index is 13.9. The molecule has 44 heavy (non-hydrogen) atoms. The van der Waals surface area contributed by atoms with Gasteiger partial charge in [0, 0.05) is 0 Å². The van der Waals surface area contributed by atoms with Crippen LogP contribution >= 0.6 is 7.67 Å². The molecule has 1 aliphatic rings. The van der Waals surface area contributed by atoms with Crippen LogP contribution in [0.3, 0.4) is 0 Å². The van der Waals surface area contributed by atoms with E-state index in [4.69, 9.17) is 23.5 Å². The van der Waals surface area contributed by atoms with Crippen molar-refractivity contribution in [1.29, 1.82) is 0 Å². The summed E-state index contributed by atoms with van der Waals surface area (Å²) in [5, 5.41) is 10.4. The van der Waals surface area contributed by atoms with Crippen LogP contribution in [0.2, 0.25) is 0 Å². The van der Waals surface area contributed by atoms with Crippen molar-refractivity contribution in [3.05, 3.63) is 108 Å². The lowest BCUT2D eigenvalue weighted by atomic mass is 9.98. The number of esters is 3. The predicted octanol–water partition coefficient (Wildman–Crippen LogP) is 3.63. The van der Waals surface area contributed by atoms with E-state index in [1.807, 2.05) is 0 Å². The molecule has 1 aliphatic heterocycles. The number of carbonyl (C=O) groups excluding carboxylic acids is 3. The zero-order chi connectivity index (χ0) is 31.9. The fraction of sp³-hybridized carbons (Fsp3) is 0.323. The van der Waals surface area contributed by atoms with Gasteiger partial charge in [0.25, 0.3) is 0 Å². The van der Waals surface area contributed by atoms with Crippen LogP contribution in [0.5, 0.6) is 0 Å². The largest absolute Gasteiger partial charge is 0.452 e. The number of hydrogen-bond acceptors (Lipinski definition) is 10. The fourth-order valence-electron chi connectivity index (χ4n) is 4.49. The summed E-state index contributed by atoms with van der Waals surface area (Å²) in [5.41, 5.74) is 0.494. The van der Waals surface area contributed by atoms with E-state index in [1.54, 1.807) is 54.6 Å². The predicted molar refractivity (Wildman–Crippen MR) is 159 cm³/mol. The number of aliphatic hydroxyl groups excluding tert-OH is 1. The smallest absolute Gasteiger partial charge is 0.347 e. The summed E-state index contributed by atoms with van der Waals surface area (Å²) in [4.78, 5) is 40.0. The van der Waals surface area contributed by atoms with Gasteiger partial charge in [0.1, 0.15) is 6.10 Å². The van der Waals surface area contributed by atoms with Crippen molar-refractivity contribution in [2.75, 3.05) is 34.8 Å². The molecular formula is C31H35N2O10P. The molecule has 0 unspecified atom stereocenters. The van der Waals surface area contributed by atoms with Gasteiger partial charge in [-0.1, -0.05) is 54.6 Å². The molecule has 0 radical (unpaired) electrons. The van der Waals surface area contributed by atoms with E-state index in [9.17, 15) is 24.1 Å². The lowest BCUT2D eigenvalue weighted by Gasteiger charge is -2.45. The molecule has 1 saturated heterocycles. The van der Waals surface area contributed by atoms with E-state index < -0.39 is 62.9 Å². The standard InChI is InChI=1S/C31H35N2O10P/c1-32(2)44(38,33(3)4)43-31-27(42-30(37)23-18-12-7-13-19-23)26(41-29(36)22-16-10-6-11-17-22)25(24(20-34)39-31)40-28(35)21-14-8-5-9-15-21/h5-19,24-27,31,34H,20H2,1-4H3/t24-,25-,26+,27-,31+/m1/s1. The molecule has 0 amide bonds. The number of ether oxygens (including phenoxy) is 4. The molecule has 0 saturated carbocycles. The van der Waals surface area contributed by atoms with Crippen LogP contribution in [0.15, 0.2) is 91.0 Å². The third-order valence-electron chi connectivity index (χ3n) is 6.78. The number of benzene rings is 3. The molecule has 0 bridgehead atoms. The van der Waals surface area contributed by atoms with Gasteiger partial charge in [0.15, 0.2) is 18.3 Å². The van der Waals surface area contributed by atoms with Crippen LogP contribution in [0.1, 0.15) is 31.1 Å². The van der Waals surface area contributed by atoms with Gasteiger partial charge < -0.3 is 24.1 Å². The molecule has 1 N–H and O–H groups in total. The van der Waals surface area contributed by atoms with Crippen LogP contribution in [0.25, 0.3) is 0 Å². The molecule has 3 aromatic carbocycles. The molecule has 234 valence electrons. The Morgan fingerprint density at radius 3 is 1.39 bits per heavy atom. The van der Waals surface area contributed by atoms with E-state index >= 15 is 0 Å². The molecule has 0 aromatic heterocycles. The van der Waals surface area contributed by atoms with Crippen molar-refractivity contribution < 1.29 is 47.5 Å². The Morgan fingerprint density at radius 2 is 1.02 bits per heavy atom. The van der Waals surface area contributed by atoms with Gasteiger partial charge >= 0.3 is 25.6 Å². The fourth-order valence-corrected chi connectivity index (χ4v) is 6.02. The number of aliphatic hydroxyl groups is 1. The van der Waals surface area contributed by atoms with Gasteiger partial charge in [-0.3, -0.25) is 9.09 Å². The Kier molecular flexibility index (Phi) is 11.0. The van der Waals surface area contributed by atoms with Crippen LogP contribution < -0.4 is 0 Å². The maximum Gasteiger partial charge on any atom is 0.347 e. The van der Waals surface area contributed by atoms with E-state index in [0.717, 1.165) is 0 Å². The Hall–Kier alpha value is -3.90. The van der Waals surface area contributed by atoms with Crippen molar-refractivity contribution >= 4 is 25.6 Å². The van der Waals surface area contributed by atoms with Crippen LogP contribution in [-0.2, 0) is 28.0 Å². The number of rotatable bonds is 11. The second-order valence-corrected chi connectivity index (χ2v) is 13.0. The first-order valence-corrected chi connectivity index (χ1v) is 15.3. The molecule has 0 aliphatic carbocycles. The summed E-state index contributed by atoms with van der Waals surface area (Å²) in [6, 6.07) is 24.1. The molecule has 5 atom stereocenters. The Bertz CT molecular complexity index is 1440.